The number of aliphatic hydroxyl groups excluding tert-OH is 1. The third kappa shape index (κ3) is 3.39. The van der Waals surface area contributed by atoms with E-state index in [0.29, 0.717) is 28.5 Å². The van der Waals surface area contributed by atoms with Gasteiger partial charge in [0, 0.05) is 23.9 Å². The Morgan fingerprint density at radius 2 is 1.89 bits per heavy atom. The van der Waals surface area contributed by atoms with Gasteiger partial charge in [0.05, 0.1) is 21.6 Å². The predicted octanol–water partition coefficient (Wildman–Crippen LogP) is 5.36. The van der Waals surface area contributed by atoms with E-state index in [2.05, 4.69) is 9.97 Å². The Kier molecular flexibility index (Phi) is 4.86. The summed E-state index contributed by atoms with van der Waals surface area (Å²) in [4.78, 5) is 8.67. The fraction of sp³-hybridized carbons (Fsp3) is 0.158. The lowest BCUT2D eigenvalue weighted by Crippen LogP contribution is -2.06. The number of fused-ring (bicyclic) bond motifs is 1. The maximum atomic E-state index is 13.2. The highest BCUT2D eigenvalue weighted by molar-refractivity contribution is 7.13. The summed E-state index contributed by atoms with van der Waals surface area (Å²) in [6.45, 7) is 0.0353. The quantitative estimate of drug-likeness (QED) is 0.481. The number of aliphatic hydroxyl groups is 1. The fourth-order valence-corrected chi connectivity index (χ4v) is 3.87. The van der Waals surface area contributed by atoms with Crippen LogP contribution < -0.4 is 0 Å². The van der Waals surface area contributed by atoms with Crippen LogP contribution >= 0.6 is 22.9 Å². The highest BCUT2D eigenvalue weighted by atomic mass is 35.5. The van der Waals surface area contributed by atoms with Crippen LogP contribution in [0.1, 0.15) is 11.1 Å². The molecule has 2 aromatic carbocycles. The van der Waals surface area contributed by atoms with Gasteiger partial charge >= 0.3 is 6.18 Å². The Bertz CT molecular complexity index is 1120. The molecule has 0 bridgehead atoms. The minimum absolute atomic E-state index is 0.0353. The van der Waals surface area contributed by atoms with Crippen LogP contribution in [0.3, 0.4) is 0 Å². The Balaban J connectivity index is 1.97. The summed E-state index contributed by atoms with van der Waals surface area (Å²) in [5.74, 6) is 0.440. The van der Waals surface area contributed by atoms with Crippen molar-refractivity contribution in [2.24, 2.45) is 0 Å². The van der Waals surface area contributed by atoms with Crippen molar-refractivity contribution >= 4 is 34.0 Å². The standard InChI is InChI=1S/C19H13ClF3N3OS/c20-14-10-16-15(9-13(14)19(21,22)23)25-17(18-24-6-8-28-18)26(16)12-3-1-11(2-4-12)5-7-27/h1-4,6,8-10,27H,5,7H2. The smallest absolute Gasteiger partial charge is 0.396 e. The first-order chi connectivity index (χ1) is 13.4. The van der Waals surface area contributed by atoms with Crippen molar-refractivity contribution in [3.05, 3.63) is 64.1 Å². The van der Waals surface area contributed by atoms with Gasteiger partial charge in [-0.15, -0.1) is 11.3 Å². The van der Waals surface area contributed by atoms with Gasteiger partial charge in [-0.05, 0) is 36.2 Å². The number of thiazole rings is 1. The Morgan fingerprint density at radius 1 is 1.14 bits per heavy atom. The molecule has 2 heterocycles. The van der Waals surface area contributed by atoms with Crippen molar-refractivity contribution in [3.63, 3.8) is 0 Å². The third-order valence-corrected chi connectivity index (χ3v) is 5.35. The van der Waals surface area contributed by atoms with Crippen molar-refractivity contribution in [1.29, 1.82) is 0 Å². The van der Waals surface area contributed by atoms with Crippen LogP contribution in [0.2, 0.25) is 5.02 Å². The van der Waals surface area contributed by atoms with Crippen molar-refractivity contribution in [1.82, 2.24) is 14.5 Å². The molecule has 0 radical (unpaired) electrons. The van der Waals surface area contributed by atoms with Crippen LogP contribution in [0.15, 0.2) is 48.0 Å². The molecular formula is C19H13ClF3N3OS. The Labute approximate surface area is 166 Å². The number of hydrogen-bond acceptors (Lipinski definition) is 4. The van der Waals surface area contributed by atoms with E-state index in [-0.39, 0.29) is 17.1 Å². The summed E-state index contributed by atoms with van der Waals surface area (Å²) in [7, 11) is 0. The minimum atomic E-state index is -4.57. The predicted molar refractivity (Wildman–Crippen MR) is 103 cm³/mol. The molecule has 4 aromatic rings. The van der Waals surface area contributed by atoms with Gasteiger partial charge in [-0.25, -0.2) is 9.97 Å². The van der Waals surface area contributed by atoms with Crippen molar-refractivity contribution < 1.29 is 18.3 Å². The number of imidazole rings is 1. The van der Waals surface area contributed by atoms with Gasteiger partial charge in [-0.3, -0.25) is 4.57 Å². The zero-order valence-corrected chi connectivity index (χ0v) is 15.8. The van der Waals surface area contributed by atoms with Gasteiger partial charge in [0.1, 0.15) is 0 Å². The molecule has 4 nitrogen and oxygen atoms in total. The van der Waals surface area contributed by atoms with E-state index >= 15 is 0 Å². The van der Waals surface area contributed by atoms with Gasteiger partial charge in [-0.1, -0.05) is 23.7 Å². The first kappa shape index (κ1) is 18.9. The first-order valence-electron chi connectivity index (χ1n) is 8.27. The highest BCUT2D eigenvalue weighted by Crippen LogP contribution is 2.39. The number of hydrogen-bond donors (Lipinski definition) is 1. The van der Waals surface area contributed by atoms with Crippen LogP contribution in [-0.4, -0.2) is 26.2 Å². The summed E-state index contributed by atoms with van der Waals surface area (Å²) < 4.78 is 41.5. The summed E-state index contributed by atoms with van der Waals surface area (Å²) in [6.07, 6.45) is -2.43. The van der Waals surface area contributed by atoms with Crippen LogP contribution in [0.5, 0.6) is 0 Å². The molecule has 0 saturated carbocycles. The van der Waals surface area contributed by atoms with Crippen molar-refractivity contribution in [2.75, 3.05) is 6.61 Å². The van der Waals surface area contributed by atoms with Gasteiger partial charge in [0.15, 0.2) is 10.8 Å². The second-order valence-electron chi connectivity index (χ2n) is 6.07. The monoisotopic (exact) mass is 423 g/mol. The number of benzene rings is 2. The number of aromatic nitrogens is 3. The molecule has 0 spiro atoms. The fourth-order valence-electron chi connectivity index (χ4n) is 2.99. The average molecular weight is 424 g/mol. The maximum absolute atomic E-state index is 13.2. The number of alkyl halides is 3. The van der Waals surface area contributed by atoms with Crippen molar-refractivity contribution in [2.45, 2.75) is 12.6 Å². The van der Waals surface area contributed by atoms with E-state index in [9.17, 15) is 13.2 Å². The zero-order chi connectivity index (χ0) is 19.9. The minimum Gasteiger partial charge on any atom is -0.396 e. The summed E-state index contributed by atoms with van der Waals surface area (Å²) in [5.41, 5.74) is 1.38. The lowest BCUT2D eigenvalue weighted by Gasteiger charge is -2.11. The largest absolute Gasteiger partial charge is 0.417 e. The second kappa shape index (κ2) is 7.20. The van der Waals surface area contributed by atoms with Gasteiger partial charge < -0.3 is 5.11 Å². The Morgan fingerprint density at radius 3 is 2.50 bits per heavy atom. The summed E-state index contributed by atoms with van der Waals surface area (Å²) in [5, 5.41) is 11.1. The molecule has 0 fully saturated rings. The Hall–Kier alpha value is -2.42. The SMILES string of the molecule is OCCc1ccc(-n2c(-c3nccs3)nc3cc(C(F)(F)F)c(Cl)cc32)cc1. The lowest BCUT2D eigenvalue weighted by atomic mass is 10.1. The molecule has 2 aromatic heterocycles. The van der Waals surface area contributed by atoms with E-state index in [4.69, 9.17) is 16.7 Å². The van der Waals surface area contributed by atoms with Gasteiger partial charge in [0.25, 0.3) is 0 Å². The molecule has 1 N–H and O–H groups in total. The van der Waals surface area contributed by atoms with Gasteiger partial charge in [-0.2, -0.15) is 13.2 Å². The first-order valence-corrected chi connectivity index (χ1v) is 9.53. The maximum Gasteiger partial charge on any atom is 0.417 e. The molecular weight excluding hydrogens is 411 g/mol. The van der Waals surface area contributed by atoms with E-state index < -0.39 is 11.7 Å². The molecule has 0 aliphatic heterocycles. The lowest BCUT2D eigenvalue weighted by molar-refractivity contribution is -0.137. The molecule has 9 heteroatoms. The topological polar surface area (TPSA) is 50.9 Å². The molecule has 4 rings (SSSR count). The number of rotatable bonds is 4. The molecule has 144 valence electrons. The van der Waals surface area contributed by atoms with E-state index in [1.165, 1.54) is 17.4 Å². The summed E-state index contributed by atoms with van der Waals surface area (Å²) >= 11 is 7.29. The van der Waals surface area contributed by atoms with Crippen LogP contribution in [0.25, 0.3) is 27.6 Å². The van der Waals surface area contributed by atoms with Crippen molar-refractivity contribution in [3.8, 4) is 16.5 Å². The number of nitrogens with zero attached hydrogens (tertiary/aromatic N) is 3. The second-order valence-corrected chi connectivity index (χ2v) is 7.37. The van der Waals surface area contributed by atoms with Crippen LogP contribution in [0, 0.1) is 0 Å². The molecule has 0 amide bonds. The number of halogens is 4. The molecule has 0 aliphatic carbocycles. The average Bonchev–Trinajstić information content (AvgIpc) is 3.28. The van der Waals surface area contributed by atoms with Crippen LogP contribution in [-0.2, 0) is 12.6 Å². The molecule has 0 saturated heterocycles. The highest BCUT2D eigenvalue weighted by Gasteiger charge is 2.34. The normalized spacial score (nSPS) is 12.0. The third-order valence-electron chi connectivity index (χ3n) is 4.27. The van der Waals surface area contributed by atoms with Crippen LogP contribution in [0.4, 0.5) is 13.2 Å². The molecule has 0 atom stereocenters. The molecule has 0 unspecified atom stereocenters. The van der Waals surface area contributed by atoms with E-state index in [1.807, 2.05) is 24.3 Å². The van der Waals surface area contributed by atoms with E-state index in [0.717, 1.165) is 11.6 Å². The van der Waals surface area contributed by atoms with E-state index in [1.54, 1.807) is 16.1 Å². The molecule has 28 heavy (non-hydrogen) atoms. The zero-order valence-electron chi connectivity index (χ0n) is 14.2. The molecule has 0 aliphatic rings. The van der Waals surface area contributed by atoms with Gasteiger partial charge in [0.2, 0.25) is 0 Å². The summed E-state index contributed by atoms with van der Waals surface area (Å²) in [6, 6.07) is 9.61.